The molecule has 1 saturated carbocycles. The second-order valence-electron chi connectivity index (χ2n) is 4.97. The highest BCUT2D eigenvalue weighted by Crippen LogP contribution is 2.39. The van der Waals surface area contributed by atoms with E-state index in [-0.39, 0.29) is 16.7 Å². The second kappa shape index (κ2) is 5.75. The molecule has 1 aromatic rings. The molecule has 1 aromatic carbocycles. The molecule has 0 saturated heterocycles. The summed E-state index contributed by atoms with van der Waals surface area (Å²) < 4.78 is 0. The van der Waals surface area contributed by atoms with Crippen LogP contribution < -0.4 is 10.6 Å². The van der Waals surface area contributed by atoms with Crippen molar-refractivity contribution >= 4 is 23.0 Å². The Labute approximate surface area is 117 Å². The molecule has 5 nitrogen and oxygen atoms in total. The van der Waals surface area contributed by atoms with Crippen molar-refractivity contribution < 1.29 is 4.92 Å². The molecule has 0 amide bonds. The van der Waals surface area contributed by atoms with Crippen molar-refractivity contribution in [1.82, 2.24) is 0 Å². The molecule has 104 valence electrons. The van der Waals surface area contributed by atoms with Crippen molar-refractivity contribution in [1.29, 1.82) is 0 Å². The fourth-order valence-corrected chi connectivity index (χ4v) is 3.27. The summed E-state index contributed by atoms with van der Waals surface area (Å²) in [5.41, 5.74) is 6.34. The number of nitrogens with two attached hydrogens (primary N) is 1. The van der Waals surface area contributed by atoms with Gasteiger partial charge in [0, 0.05) is 19.2 Å². The number of anilines is 1. The number of nitrogens with zero attached hydrogens (tertiary/aromatic N) is 2. The summed E-state index contributed by atoms with van der Waals surface area (Å²) in [7, 11) is 1.87. The van der Waals surface area contributed by atoms with Gasteiger partial charge in [-0.05, 0) is 31.4 Å². The Morgan fingerprint density at radius 1 is 1.53 bits per heavy atom. The smallest absolute Gasteiger partial charge is 0.294 e. The molecule has 19 heavy (non-hydrogen) atoms. The van der Waals surface area contributed by atoms with E-state index in [1.54, 1.807) is 12.1 Å². The Kier molecular flexibility index (Phi) is 4.27. The van der Waals surface area contributed by atoms with Gasteiger partial charge >= 0.3 is 0 Å². The first-order valence-electron chi connectivity index (χ1n) is 6.42. The first-order valence-corrected chi connectivity index (χ1v) is 6.80. The number of para-hydroxylation sites is 1. The van der Waals surface area contributed by atoms with E-state index in [0.717, 1.165) is 19.3 Å². The average Bonchev–Trinajstić information content (AvgIpc) is 2.85. The van der Waals surface area contributed by atoms with Gasteiger partial charge in [0.25, 0.3) is 5.69 Å². The van der Waals surface area contributed by atoms with Gasteiger partial charge in [0.05, 0.1) is 9.95 Å². The van der Waals surface area contributed by atoms with E-state index in [0.29, 0.717) is 23.2 Å². The first-order chi connectivity index (χ1) is 9.06. The number of nitro groups is 1. The van der Waals surface area contributed by atoms with Crippen molar-refractivity contribution in [3.8, 4) is 0 Å². The fraction of sp³-hybridized carbons (Fsp3) is 0.538. The summed E-state index contributed by atoms with van der Waals surface area (Å²) in [6.45, 7) is 0.604. The largest absolute Gasteiger partial charge is 0.365 e. The third kappa shape index (κ3) is 2.67. The van der Waals surface area contributed by atoms with Crippen molar-refractivity contribution in [2.75, 3.05) is 18.5 Å². The van der Waals surface area contributed by atoms with Crippen LogP contribution in [0.5, 0.6) is 0 Å². The Balaban J connectivity index is 2.38. The molecule has 0 aliphatic heterocycles. The van der Waals surface area contributed by atoms with Crippen LogP contribution in [0, 0.1) is 16.0 Å². The molecule has 1 aliphatic carbocycles. The van der Waals surface area contributed by atoms with Gasteiger partial charge in [0.15, 0.2) is 0 Å². The summed E-state index contributed by atoms with van der Waals surface area (Å²) in [6.07, 6.45) is 3.18. The van der Waals surface area contributed by atoms with Crippen molar-refractivity contribution in [2.24, 2.45) is 11.7 Å². The van der Waals surface area contributed by atoms with E-state index in [9.17, 15) is 10.1 Å². The quantitative estimate of drug-likeness (QED) is 0.681. The topological polar surface area (TPSA) is 72.4 Å². The standard InChI is InChI=1S/C13H18ClN3O2/c1-16(11-6-2-4-9(11)8-15)13-10(14)5-3-7-12(13)17(18)19/h3,5,7,9,11H,2,4,6,8,15H2,1H3. The molecule has 0 heterocycles. The molecular weight excluding hydrogens is 266 g/mol. The van der Waals surface area contributed by atoms with Gasteiger partial charge in [0.2, 0.25) is 0 Å². The van der Waals surface area contributed by atoms with Gasteiger partial charge in [-0.3, -0.25) is 10.1 Å². The van der Waals surface area contributed by atoms with E-state index in [4.69, 9.17) is 17.3 Å². The van der Waals surface area contributed by atoms with Crippen LogP contribution in [-0.4, -0.2) is 24.6 Å². The zero-order valence-corrected chi connectivity index (χ0v) is 11.6. The number of halogens is 1. The highest BCUT2D eigenvalue weighted by Gasteiger charge is 2.33. The van der Waals surface area contributed by atoms with Crippen molar-refractivity contribution in [3.63, 3.8) is 0 Å². The molecule has 0 radical (unpaired) electrons. The lowest BCUT2D eigenvalue weighted by molar-refractivity contribution is -0.384. The molecule has 0 aromatic heterocycles. The maximum atomic E-state index is 11.1. The molecule has 6 heteroatoms. The molecule has 0 spiro atoms. The predicted octanol–water partition coefficient (Wildman–Crippen LogP) is 2.81. The van der Waals surface area contributed by atoms with E-state index in [2.05, 4.69) is 0 Å². The minimum absolute atomic E-state index is 0.0534. The summed E-state index contributed by atoms with van der Waals surface area (Å²) >= 11 is 6.16. The van der Waals surface area contributed by atoms with Crippen LogP contribution >= 0.6 is 11.6 Å². The number of rotatable bonds is 4. The minimum atomic E-state index is -0.385. The average molecular weight is 284 g/mol. The van der Waals surface area contributed by atoms with Crippen LogP contribution in [0.3, 0.4) is 0 Å². The lowest BCUT2D eigenvalue weighted by atomic mass is 10.0. The van der Waals surface area contributed by atoms with Gasteiger partial charge in [-0.2, -0.15) is 0 Å². The van der Waals surface area contributed by atoms with Gasteiger partial charge in [-0.25, -0.2) is 0 Å². The van der Waals surface area contributed by atoms with Crippen LogP contribution in [0.25, 0.3) is 0 Å². The summed E-state index contributed by atoms with van der Waals surface area (Å²) in [4.78, 5) is 12.7. The van der Waals surface area contributed by atoms with Gasteiger partial charge in [0.1, 0.15) is 5.69 Å². The zero-order valence-electron chi connectivity index (χ0n) is 10.9. The van der Waals surface area contributed by atoms with Crippen molar-refractivity contribution in [2.45, 2.75) is 25.3 Å². The summed E-state index contributed by atoms with van der Waals surface area (Å²) in [6, 6.07) is 5.01. The number of benzene rings is 1. The van der Waals surface area contributed by atoms with Crippen LogP contribution in [0.2, 0.25) is 5.02 Å². The molecule has 2 unspecified atom stereocenters. The molecule has 0 bridgehead atoms. The number of nitro benzene ring substituents is 1. The van der Waals surface area contributed by atoms with Crippen LogP contribution in [0.1, 0.15) is 19.3 Å². The fourth-order valence-electron chi connectivity index (χ4n) is 2.97. The van der Waals surface area contributed by atoms with Crippen LogP contribution in [-0.2, 0) is 0 Å². The highest BCUT2D eigenvalue weighted by molar-refractivity contribution is 6.33. The monoisotopic (exact) mass is 283 g/mol. The maximum Gasteiger partial charge on any atom is 0.294 e. The molecule has 2 rings (SSSR count). The second-order valence-corrected chi connectivity index (χ2v) is 5.38. The maximum absolute atomic E-state index is 11.1. The van der Waals surface area contributed by atoms with Crippen LogP contribution in [0.15, 0.2) is 18.2 Å². The van der Waals surface area contributed by atoms with Gasteiger partial charge in [-0.1, -0.05) is 24.1 Å². The predicted molar refractivity (Wildman–Crippen MR) is 76.7 cm³/mol. The Bertz CT molecular complexity index is 481. The van der Waals surface area contributed by atoms with Gasteiger partial charge < -0.3 is 10.6 Å². The number of hydrogen-bond donors (Lipinski definition) is 1. The normalized spacial score (nSPS) is 22.5. The van der Waals surface area contributed by atoms with Crippen LogP contribution in [0.4, 0.5) is 11.4 Å². The Hall–Kier alpha value is -1.33. The lowest BCUT2D eigenvalue weighted by Crippen LogP contribution is -2.38. The third-order valence-electron chi connectivity index (χ3n) is 3.93. The molecule has 1 fully saturated rings. The molecule has 2 atom stereocenters. The van der Waals surface area contributed by atoms with Gasteiger partial charge in [-0.15, -0.1) is 0 Å². The SMILES string of the molecule is CN(c1c(Cl)cccc1[N+](=O)[O-])C1CCCC1CN. The lowest BCUT2D eigenvalue weighted by Gasteiger charge is -2.31. The zero-order chi connectivity index (χ0) is 14.0. The summed E-state index contributed by atoms with van der Waals surface area (Å²) in [5.74, 6) is 0.376. The van der Waals surface area contributed by atoms with E-state index < -0.39 is 0 Å². The Morgan fingerprint density at radius 3 is 2.89 bits per heavy atom. The van der Waals surface area contributed by atoms with Crippen molar-refractivity contribution in [3.05, 3.63) is 33.3 Å². The molecule has 2 N–H and O–H groups in total. The van der Waals surface area contributed by atoms with E-state index in [1.807, 2.05) is 11.9 Å². The first kappa shape index (κ1) is 14.1. The van der Waals surface area contributed by atoms with E-state index >= 15 is 0 Å². The third-order valence-corrected chi connectivity index (χ3v) is 4.24. The number of hydrogen-bond acceptors (Lipinski definition) is 4. The highest BCUT2D eigenvalue weighted by atomic mass is 35.5. The molecule has 1 aliphatic rings. The van der Waals surface area contributed by atoms with E-state index in [1.165, 1.54) is 6.07 Å². The minimum Gasteiger partial charge on any atom is -0.365 e. The Morgan fingerprint density at radius 2 is 2.26 bits per heavy atom. The summed E-state index contributed by atoms with van der Waals surface area (Å²) in [5, 5.41) is 11.6. The molecular formula is C13H18ClN3O2.